The zero-order chi connectivity index (χ0) is 13.5. The lowest BCUT2D eigenvalue weighted by Crippen LogP contribution is -2.47. The van der Waals surface area contributed by atoms with Crippen molar-refractivity contribution in [1.82, 2.24) is 0 Å². The molecule has 1 saturated carbocycles. The van der Waals surface area contributed by atoms with Crippen LogP contribution in [0.5, 0.6) is 0 Å². The van der Waals surface area contributed by atoms with Gasteiger partial charge >= 0.3 is 0 Å². The standard InChI is InChI=1S/C15H18N2O2/c16-11-4-3-5-12(8-11)17-13(18)9-15(10-14(17)19)6-1-2-7-15/h3-5,8H,1-2,6-7,9-10,16H2. The number of hydrogen-bond acceptors (Lipinski definition) is 3. The molecule has 0 aromatic heterocycles. The van der Waals surface area contributed by atoms with Gasteiger partial charge in [-0.3, -0.25) is 14.5 Å². The van der Waals surface area contributed by atoms with E-state index in [4.69, 9.17) is 5.73 Å². The van der Waals surface area contributed by atoms with Gasteiger partial charge in [-0.15, -0.1) is 0 Å². The fraction of sp³-hybridized carbons (Fsp3) is 0.467. The van der Waals surface area contributed by atoms with Crippen molar-refractivity contribution in [2.75, 3.05) is 10.6 Å². The van der Waals surface area contributed by atoms with E-state index in [1.165, 1.54) is 4.90 Å². The van der Waals surface area contributed by atoms with Gasteiger partial charge in [-0.25, -0.2) is 0 Å². The van der Waals surface area contributed by atoms with Gasteiger partial charge in [0.1, 0.15) is 0 Å². The summed E-state index contributed by atoms with van der Waals surface area (Å²) in [5, 5.41) is 0. The summed E-state index contributed by atoms with van der Waals surface area (Å²) in [4.78, 5) is 26.0. The minimum Gasteiger partial charge on any atom is -0.399 e. The Bertz CT molecular complexity index is 513. The fourth-order valence-corrected chi connectivity index (χ4v) is 3.43. The molecule has 1 aromatic rings. The zero-order valence-electron chi connectivity index (χ0n) is 10.9. The fourth-order valence-electron chi connectivity index (χ4n) is 3.43. The van der Waals surface area contributed by atoms with E-state index in [2.05, 4.69) is 0 Å². The number of anilines is 2. The molecule has 2 N–H and O–H groups in total. The summed E-state index contributed by atoms with van der Waals surface area (Å²) in [6.07, 6.45) is 5.28. The number of hydrogen-bond donors (Lipinski definition) is 1. The van der Waals surface area contributed by atoms with Crippen molar-refractivity contribution in [3.63, 3.8) is 0 Å². The van der Waals surface area contributed by atoms with Crippen LogP contribution in [0.2, 0.25) is 0 Å². The second kappa shape index (κ2) is 4.37. The molecule has 3 rings (SSSR count). The minimum atomic E-state index is -0.0799. The van der Waals surface area contributed by atoms with E-state index in [1.807, 2.05) is 0 Å². The molecular weight excluding hydrogens is 240 g/mol. The maximum absolute atomic E-state index is 12.3. The summed E-state index contributed by atoms with van der Waals surface area (Å²) in [6.45, 7) is 0. The molecule has 0 unspecified atom stereocenters. The van der Waals surface area contributed by atoms with E-state index in [1.54, 1.807) is 24.3 Å². The summed E-state index contributed by atoms with van der Waals surface area (Å²) in [7, 11) is 0. The summed E-state index contributed by atoms with van der Waals surface area (Å²) in [5.41, 5.74) is 6.84. The van der Waals surface area contributed by atoms with Crippen LogP contribution in [-0.2, 0) is 9.59 Å². The minimum absolute atomic E-state index is 0.0506. The maximum atomic E-state index is 12.3. The molecule has 100 valence electrons. The Morgan fingerprint density at radius 2 is 1.68 bits per heavy atom. The maximum Gasteiger partial charge on any atom is 0.234 e. The van der Waals surface area contributed by atoms with Crippen LogP contribution >= 0.6 is 0 Å². The molecule has 1 saturated heterocycles. The highest BCUT2D eigenvalue weighted by atomic mass is 16.2. The third-order valence-electron chi connectivity index (χ3n) is 4.34. The van der Waals surface area contributed by atoms with Crippen LogP contribution in [0.15, 0.2) is 24.3 Å². The molecule has 2 fully saturated rings. The molecule has 1 aromatic carbocycles. The lowest BCUT2D eigenvalue weighted by molar-refractivity contribution is -0.133. The Balaban J connectivity index is 1.88. The molecule has 0 radical (unpaired) electrons. The van der Waals surface area contributed by atoms with Gasteiger partial charge in [0.2, 0.25) is 11.8 Å². The van der Waals surface area contributed by atoms with Gasteiger partial charge in [-0.05, 0) is 36.5 Å². The number of carbonyl (C=O) groups is 2. The molecule has 0 bridgehead atoms. The smallest absolute Gasteiger partial charge is 0.234 e. The van der Waals surface area contributed by atoms with E-state index in [0.29, 0.717) is 24.2 Å². The Morgan fingerprint density at radius 1 is 1.05 bits per heavy atom. The Hall–Kier alpha value is -1.84. The highest BCUT2D eigenvalue weighted by Gasteiger charge is 2.45. The lowest BCUT2D eigenvalue weighted by Gasteiger charge is -2.37. The van der Waals surface area contributed by atoms with Gasteiger partial charge in [-0.1, -0.05) is 18.9 Å². The third kappa shape index (κ3) is 2.11. The van der Waals surface area contributed by atoms with Crippen LogP contribution in [0.3, 0.4) is 0 Å². The number of rotatable bonds is 1. The van der Waals surface area contributed by atoms with Gasteiger partial charge in [0.05, 0.1) is 5.69 Å². The Morgan fingerprint density at radius 3 is 2.26 bits per heavy atom. The first kappa shape index (κ1) is 12.2. The molecule has 1 heterocycles. The van der Waals surface area contributed by atoms with Gasteiger partial charge < -0.3 is 5.73 Å². The first-order valence-electron chi connectivity index (χ1n) is 6.81. The molecule has 1 aliphatic carbocycles. The first-order chi connectivity index (χ1) is 9.10. The van der Waals surface area contributed by atoms with Crippen molar-refractivity contribution in [2.24, 2.45) is 5.41 Å². The highest BCUT2D eigenvalue weighted by molar-refractivity contribution is 6.17. The Kier molecular flexibility index (Phi) is 2.81. The molecule has 4 heteroatoms. The Labute approximate surface area is 112 Å². The van der Waals surface area contributed by atoms with E-state index in [0.717, 1.165) is 25.7 Å². The molecular formula is C15H18N2O2. The SMILES string of the molecule is Nc1cccc(N2C(=O)CC3(CCCC3)CC2=O)c1. The molecule has 0 atom stereocenters. The molecule has 1 spiro atoms. The number of piperidine rings is 1. The van der Waals surface area contributed by atoms with E-state index >= 15 is 0 Å². The van der Waals surface area contributed by atoms with Crippen molar-refractivity contribution in [1.29, 1.82) is 0 Å². The quantitative estimate of drug-likeness (QED) is 0.621. The summed E-state index contributed by atoms with van der Waals surface area (Å²) in [6, 6.07) is 6.97. The monoisotopic (exact) mass is 258 g/mol. The summed E-state index contributed by atoms with van der Waals surface area (Å²) < 4.78 is 0. The summed E-state index contributed by atoms with van der Waals surface area (Å²) in [5.74, 6) is -0.160. The lowest BCUT2D eigenvalue weighted by atomic mass is 9.76. The number of benzene rings is 1. The van der Waals surface area contributed by atoms with Crippen molar-refractivity contribution in [3.8, 4) is 0 Å². The second-order valence-corrected chi connectivity index (χ2v) is 5.78. The van der Waals surface area contributed by atoms with Gasteiger partial charge in [0.25, 0.3) is 0 Å². The normalized spacial score (nSPS) is 22.2. The van der Waals surface area contributed by atoms with Crippen molar-refractivity contribution in [2.45, 2.75) is 38.5 Å². The molecule has 2 aliphatic rings. The topological polar surface area (TPSA) is 63.4 Å². The van der Waals surface area contributed by atoms with Gasteiger partial charge in [0, 0.05) is 18.5 Å². The van der Waals surface area contributed by atoms with Crippen LogP contribution in [0.1, 0.15) is 38.5 Å². The van der Waals surface area contributed by atoms with Crippen molar-refractivity contribution < 1.29 is 9.59 Å². The van der Waals surface area contributed by atoms with Crippen LogP contribution in [0.25, 0.3) is 0 Å². The van der Waals surface area contributed by atoms with E-state index in [9.17, 15) is 9.59 Å². The van der Waals surface area contributed by atoms with Crippen molar-refractivity contribution >= 4 is 23.2 Å². The van der Waals surface area contributed by atoms with Crippen LogP contribution < -0.4 is 10.6 Å². The number of nitrogens with zero attached hydrogens (tertiary/aromatic N) is 1. The summed E-state index contributed by atoms with van der Waals surface area (Å²) >= 11 is 0. The van der Waals surface area contributed by atoms with Crippen LogP contribution in [-0.4, -0.2) is 11.8 Å². The number of nitrogen functional groups attached to an aromatic ring is 1. The van der Waals surface area contributed by atoms with E-state index in [-0.39, 0.29) is 17.2 Å². The molecule has 2 amide bonds. The van der Waals surface area contributed by atoms with Gasteiger partial charge in [-0.2, -0.15) is 0 Å². The molecule has 1 aliphatic heterocycles. The average Bonchev–Trinajstić information content (AvgIpc) is 2.76. The zero-order valence-corrected chi connectivity index (χ0v) is 10.9. The highest BCUT2D eigenvalue weighted by Crippen LogP contribution is 2.47. The molecule has 4 nitrogen and oxygen atoms in total. The largest absolute Gasteiger partial charge is 0.399 e. The number of amides is 2. The van der Waals surface area contributed by atoms with Crippen LogP contribution in [0, 0.1) is 5.41 Å². The number of carbonyl (C=O) groups excluding carboxylic acids is 2. The van der Waals surface area contributed by atoms with Gasteiger partial charge in [0.15, 0.2) is 0 Å². The van der Waals surface area contributed by atoms with Crippen molar-refractivity contribution in [3.05, 3.63) is 24.3 Å². The predicted molar refractivity (Wildman–Crippen MR) is 73.5 cm³/mol. The average molecular weight is 258 g/mol. The first-order valence-corrected chi connectivity index (χ1v) is 6.81. The number of imide groups is 1. The predicted octanol–water partition coefficient (Wildman–Crippen LogP) is 2.48. The molecule has 19 heavy (non-hydrogen) atoms. The third-order valence-corrected chi connectivity index (χ3v) is 4.34. The second-order valence-electron chi connectivity index (χ2n) is 5.78. The van der Waals surface area contributed by atoms with Crippen LogP contribution in [0.4, 0.5) is 11.4 Å². The van der Waals surface area contributed by atoms with E-state index < -0.39 is 0 Å². The number of nitrogens with two attached hydrogens (primary N) is 1.